The van der Waals surface area contributed by atoms with Gasteiger partial charge in [0, 0.05) is 12.4 Å². The van der Waals surface area contributed by atoms with Crippen LogP contribution < -0.4 is 22.8 Å². The van der Waals surface area contributed by atoms with E-state index < -0.39 is 81.0 Å². The number of nitrogens with zero attached hydrogens (tertiary/aromatic N) is 4. The van der Waals surface area contributed by atoms with Crippen molar-refractivity contribution in [2.24, 2.45) is 0 Å². The molecule has 4 rings (SSSR count). The normalized spacial score (nSPS) is 34.0. The molecule has 2 aromatic heterocycles. The van der Waals surface area contributed by atoms with E-state index in [4.69, 9.17) is 36.4 Å². The molecule has 0 aromatic carbocycles. The molecule has 1 unspecified atom stereocenters. The summed E-state index contributed by atoms with van der Waals surface area (Å²) in [6.07, 6.45) is -3.46. The molecule has 2 saturated heterocycles. The standard InChI is InChI=1S/C20H25N6O12P/c1-2-20(32)10(38-17(15(20)29)26-6-4-12(22)24-19(26)31)8-36-39(33,34)35-7-9-13(27)14(28)16(37-9)25-5-3-11(21)23-18(25)30/h1,3-6,9-10,13-17,27-29,32H,7-8H2,(H,33,34)(H2,21,23,30)(H2,22,24,31)/t9-,10+,13-,14+,15-,16-,17+,20+/m1/s1. The number of nitrogen functional groups attached to an aromatic ring is 2. The average Bonchev–Trinajstić information content (AvgIpc) is 3.29. The highest BCUT2D eigenvalue weighted by molar-refractivity contribution is 7.47. The number of ether oxygens (including phenoxy) is 2. The Morgan fingerprint density at radius 3 is 2.08 bits per heavy atom. The Morgan fingerprint density at radius 2 is 1.54 bits per heavy atom. The number of aliphatic hydroxyl groups excluding tert-OH is 3. The Kier molecular flexibility index (Phi) is 7.93. The predicted molar refractivity (Wildman–Crippen MR) is 127 cm³/mol. The molecule has 2 fully saturated rings. The Labute approximate surface area is 218 Å². The zero-order valence-electron chi connectivity index (χ0n) is 19.8. The number of terminal acetylenes is 1. The fourth-order valence-electron chi connectivity index (χ4n) is 4.02. The second-order valence-electron chi connectivity index (χ2n) is 8.62. The number of hydrogen-bond donors (Lipinski definition) is 7. The molecule has 2 aliphatic heterocycles. The second-order valence-corrected chi connectivity index (χ2v) is 10.1. The third-order valence-electron chi connectivity index (χ3n) is 6.13. The number of anilines is 2. The van der Waals surface area contributed by atoms with Crippen molar-refractivity contribution in [3.8, 4) is 12.3 Å². The van der Waals surface area contributed by atoms with Gasteiger partial charge in [-0.05, 0) is 12.1 Å². The van der Waals surface area contributed by atoms with Crippen molar-refractivity contribution in [3.63, 3.8) is 0 Å². The highest BCUT2D eigenvalue weighted by Gasteiger charge is 2.56. The van der Waals surface area contributed by atoms with Crippen LogP contribution in [0.2, 0.25) is 0 Å². The Bertz CT molecular complexity index is 1430. The second kappa shape index (κ2) is 10.7. The lowest BCUT2D eigenvalue weighted by Gasteiger charge is -2.25. The van der Waals surface area contributed by atoms with E-state index in [0.29, 0.717) is 0 Å². The molecule has 39 heavy (non-hydrogen) atoms. The minimum Gasteiger partial charge on any atom is -0.387 e. The topological polar surface area (TPSA) is 277 Å². The molecule has 0 amide bonds. The summed E-state index contributed by atoms with van der Waals surface area (Å²) in [6.45, 7) is -1.69. The highest BCUT2D eigenvalue weighted by Crippen LogP contribution is 2.46. The van der Waals surface area contributed by atoms with Crippen LogP contribution in [0.5, 0.6) is 0 Å². The Balaban J connectivity index is 1.39. The highest BCUT2D eigenvalue weighted by atomic mass is 31.2. The third-order valence-corrected chi connectivity index (χ3v) is 7.08. The molecule has 9 N–H and O–H groups in total. The number of nitrogens with two attached hydrogens (primary N) is 2. The van der Waals surface area contributed by atoms with Gasteiger partial charge < -0.3 is 46.3 Å². The van der Waals surface area contributed by atoms with Crippen LogP contribution in [0, 0.1) is 12.3 Å². The largest absolute Gasteiger partial charge is 0.472 e. The summed E-state index contributed by atoms with van der Waals surface area (Å²) in [5, 5.41) is 41.9. The predicted octanol–water partition coefficient (Wildman–Crippen LogP) is -3.96. The summed E-state index contributed by atoms with van der Waals surface area (Å²) >= 11 is 0. The van der Waals surface area contributed by atoms with Crippen LogP contribution in [-0.2, 0) is 23.1 Å². The van der Waals surface area contributed by atoms with E-state index >= 15 is 0 Å². The molecule has 2 aliphatic rings. The van der Waals surface area contributed by atoms with Crippen LogP contribution in [0.3, 0.4) is 0 Å². The molecule has 0 spiro atoms. The minimum atomic E-state index is -4.95. The molecule has 0 bridgehead atoms. The van der Waals surface area contributed by atoms with Crippen LogP contribution in [0.1, 0.15) is 12.5 Å². The molecule has 0 saturated carbocycles. The lowest BCUT2D eigenvalue weighted by molar-refractivity contribution is -0.0695. The van der Waals surface area contributed by atoms with Gasteiger partial charge >= 0.3 is 19.2 Å². The fraction of sp³-hybridized carbons (Fsp3) is 0.500. The third kappa shape index (κ3) is 5.59. The molecular formula is C20H25N6O12P. The monoisotopic (exact) mass is 572 g/mol. The lowest BCUT2D eigenvalue weighted by Crippen LogP contribution is -2.48. The maximum atomic E-state index is 12.5. The van der Waals surface area contributed by atoms with Gasteiger partial charge in [-0.2, -0.15) is 9.97 Å². The number of aromatic nitrogens is 4. The molecule has 0 radical (unpaired) electrons. The first kappa shape index (κ1) is 28.8. The molecular weight excluding hydrogens is 547 g/mol. The summed E-state index contributed by atoms with van der Waals surface area (Å²) < 4.78 is 34.7. The number of phosphoric ester groups is 1. The van der Waals surface area contributed by atoms with Crippen molar-refractivity contribution in [1.82, 2.24) is 19.1 Å². The van der Waals surface area contributed by atoms with E-state index in [1.54, 1.807) is 0 Å². The van der Waals surface area contributed by atoms with Crippen LogP contribution in [0.4, 0.5) is 11.6 Å². The van der Waals surface area contributed by atoms with Crippen LogP contribution >= 0.6 is 7.82 Å². The van der Waals surface area contributed by atoms with Crippen molar-refractivity contribution in [2.75, 3.05) is 24.7 Å². The number of aliphatic hydroxyl groups is 4. The maximum absolute atomic E-state index is 12.5. The van der Waals surface area contributed by atoms with Crippen molar-refractivity contribution < 1.29 is 48.4 Å². The SMILES string of the molecule is C#C[C@]1(O)[C@H](COP(=O)(O)OC[C@H]2O[C@@H](n3ccc(N)nc3=O)[C@@H](O)[C@@H]2O)O[C@H](n2ccc(N)nc2=O)[C@H]1O. The van der Waals surface area contributed by atoms with E-state index in [1.165, 1.54) is 18.3 Å². The van der Waals surface area contributed by atoms with Crippen molar-refractivity contribution in [1.29, 1.82) is 0 Å². The average molecular weight is 572 g/mol. The van der Waals surface area contributed by atoms with E-state index in [2.05, 4.69) is 9.97 Å². The van der Waals surface area contributed by atoms with Gasteiger partial charge in [0.2, 0.25) is 0 Å². The summed E-state index contributed by atoms with van der Waals surface area (Å²) in [6, 6.07) is 2.49. The first-order valence-electron chi connectivity index (χ1n) is 11.1. The Hall–Kier alpha value is -3.21. The van der Waals surface area contributed by atoms with Crippen LogP contribution in [-0.4, -0.2) is 93.8 Å². The molecule has 18 nitrogen and oxygen atoms in total. The van der Waals surface area contributed by atoms with Gasteiger partial charge in [0.25, 0.3) is 0 Å². The summed E-state index contributed by atoms with van der Waals surface area (Å²) in [4.78, 5) is 41.3. The summed E-state index contributed by atoms with van der Waals surface area (Å²) in [7, 11) is -4.95. The summed E-state index contributed by atoms with van der Waals surface area (Å²) in [5.74, 6) is 1.74. The van der Waals surface area contributed by atoms with E-state index in [-0.39, 0.29) is 11.6 Å². The lowest BCUT2D eigenvalue weighted by atomic mass is 9.93. The quantitative estimate of drug-likeness (QED) is 0.117. The zero-order chi connectivity index (χ0) is 28.7. The smallest absolute Gasteiger partial charge is 0.387 e. The Morgan fingerprint density at radius 1 is 1.00 bits per heavy atom. The van der Waals surface area contributed by atoms with Gasteiger partial charge in [-0.1, -0.05) is 5.92 Å². The molecule has 9 atom stereocenters. The van der Waals surface area contributed by atoms with E-state index in [0.717, 1.165) is 15.3 Å². The van der Waals surface area contributed by atoms with Gasteiger partial charge in [-0.3, -0.25) is 18.2 Å². The van der Waals surface area contributed by atoms with Crippen molar-refractivity contribution in [2.45, 2.75) is 48.6 Å². The number of rotatable bonds is 8. The molecule has 19 heteroatoms. The summed E-state index contributed by atoms with van der Waals surface area (Å²) in [5.41, 5.74) is 6.60. The van der Waals surface area contributed by atoms with E-state index in [9.17, 15) is 39.5 Å². The van der Waals surface area contributed by atoms with Crippen LogP contribution in [0.15, 0.2) is 34.1 Å². The molecule has 2 aromatic rings. The fourth-order valence-corrected chi connectivity index (χ4v) is 4.75. The van der Waals surface area contributed by atoms with Gasteiger partial charge in [-0.25, -0.2) is 14.2 Å². The number of phosphoric acid groups is 1. The zero-order valence-corrected chi connectivity index (χ0v) is 20.7. The van der Waals surface area contributed by atoms with Gasteiger partial charge in [0.15, 0.2) is 18.1 Å². The van der Waals surface area contributed by atoms with Gasteiger partial charge in [0.05, 0.1) is 13.2 Å². The van der Waals surface area contributed by atoms with Gasteiger partial charge in [0.1, 0.15) is 42.2 Å². The van der Waals surface area contributed by atoms with Crippen molar-refractivity contribution >= 4 is 19.5 Å². The van der Waals surface area contributed by atoms with Crippen molar-refractivity contribution in [3.05, 3.63) is 45.5 Å². The van der Waals surface area contributed by atoms with E-state index in [1.807, 2.05) is 5.92 Å². The molecule has 0 aliphatic carbocycles. The van der Waals surface area contributed by atoms with Gasteiger partial charge in [-0.15, -0.1) is 6.42 Å². The first-order chi connectivity index (χ1) is 18.3. The minimum absolute atomic E-state index is 0.0819. The molecule has 4 heterocycles. The first-order valence-corrected chi connectivity index (χ1v) is 12.6. The molecule has 212 valence electrons. The maximum Gasteiger partial charge on any atom is 0.472 e. The van der Waals surface area contributed by atoms with Crippen LogP contribution in [0.25, 0.3) is 0 Å². The number of hydrogen-bond acceptors (Lipinski definition) is 15.